The first-order valence-corrected chi connectivity index (χ1v) is 7.67. The third kappa shape index (κ3) is 3.35. The highest BCUT2D eigenvalue weighted by atomic mass is 19.1. The molecule has 1 N–H and O–H groups in total. The lowest BCUT2D eigenvalue weighted by Gasteiger charge is -2.14. The molecular formula is C19H18FN3O. The number of carbonyl (C=O) groups excluding carboxylic acids is 1. The van der Waals surface area contributed by atoms with Gasteiger partial charge in [0.15, 0.2) is 0 Å². The fourth-order valence-corrected chi connectivity index (χ4v) is 2.60. The van der Waals surface area contributed by atoms with Crippen LogP contribution < -0.4 is 5.32 Å². The summed E-state index contributed by atoms with van der Waals surface area (Å²) < 4.78 is 14.8. The summed E-state index contributed by atoms with van der Waals surface area (Å²) >= 11 is 0. The molecule has 1 atom stereocenters. The van der Waals surface area contributed by atoms with Crippen molar-refractivity contribution in [2.45, 2.75) is 13.0 Å². The molecule has 0 spiro atoms. The van der Waals surface area contributed by atoms with Gasteiger partial charge in [-0.3, -0.25) is 9.78 Å². The van der Waals surface area contributed by atoms with E-state index >= 15 is 0 Å². The zero-order valence-electron chi connectivity index (χ0n) is 13.5. The van der Waals surface area contributed by atoms with Crippen molar-refractivity contribution in [3.05, 3.63) is 78.1 Å². The van der Waals surface area contributed by atoms with Crippen LogP contribution in [-0.4, -0.2) is 15.5 Å². The summed E-state index contributed by atoms with van der Waals surface area (Å²) in [6.07, 6.45) is 5.35. The molecule has 3 rings (SSSR count). The molecule has 0 saturated heterocycles. The standard InChI is InChI=1S/C19H18FN3O/c1-13(14-3-5-17(20)6-4-14)22-19(24)18-11-16(12-23(18)2)15-7-9-21-10-8-15/h3-13H,1-2H3,(H,22,24). The number of amides is 1. The average molecular weight is 323 g/mol. The molecule has 2 aromatic heterocycles. The Bertz CT molecular complexity index is 841. The van der Waals surface area contributed by atoms with E-state index < -0.39 is 0 Å². The molecule has 1 amide bonds. The van der Waals surface area contributed by atoms with Crippen molar-refractivity contribution < 1.29 is 9.18 Å². The predicted molar refractivity (Wildman–Crippen MR) is 90.9 cm³/mol. The molecule has 0 aliphatic carbocycles. The number of rotatable bonds is 4. The number of pyridine rings is 1. The summed E-state index contributed by atoms with van der Waals surface area (Å²) in [5.74, 6) is -0.462. The Morgan fingerprint density at radius 3 is 2.46 bits per heavy atom. The molecule has 4 nitrogen and oxygen atoms in total. The number of nitrogens with one attached hydrogen (secondary N) is 1. The molecule has 0 radical (unpaired) electrons. The fraction of sp³-hybridized carbons (Fsp3) is 0.158. The largest absolute Gasteiger partial charge is 0.346 e. The Hall–Kier alpha value is -2.95. The van der Waals surface area contributed by atoms with Gasteiger partial charge >= 0.3 is 0 Å². The first-order valence-electron chi connectivity index (χ1n) is 7.67. The van der Waals surface area contributed by atoms with Gasteiger partial charge in [-0.2, -0.15) is 0 Å². The number of carbonyl (C=O) groups is 1. The Kier molecular flexibility index (Phi) is 4.42. The maximum Gasteiger partial charge on any atom is 0.268 e. The number of nitrogens with zero attached hydrogens (tertiary/aromatic N) is 2. The molecule has 0 aliphatic rings. The quantitative estimate of drug-likeness (QED) is 0.795. The van der Waals surface area contributed by atoms with Crippen molar-refractivity contribution in [3.63, 3.8) is 0 Å². The second-order valence-electron chi connectivity index (χ2n) is 5.71. The summed E-state index contributed by atoms with van der Waals surface area (Å²) in [6, 6.07) is 11.6. The van der Waals surface area contributed by atoms with Crippen LogP contribution in [0.1, 0.15) is 29.0 Å². The molecule has 3 aromatic rings. The number of halogens is 1. The highest BCUT2D eigenvalue weighted by Gasteiger charge is 2.16. The molecule has 0 fully saturated rings. The fourth-order valence-electron chi connectivity index (χ4n) is 2.60. The second kappa shape index (κ2) is 6.66. The minimum absolute atomic E-state index is 0.172. The molecular weight excluding hydrogens is 305 g/mol. The van der Waals surface area contributed by atoms with Gasteiger partial charge in [0.1, 0.15) is 11.5 Å². The van der Waals surface area contributed by atoms with Gasteiger partial charge in [-0.25, -0.2) is 4.39 Å². The zero-order chi connectivity index (χ0) is 17.1. The lowest BCUT2D eigenvalue weighted by molar-refractivity contribution is 0.0931. The first kappa shape index (κ1) is 15.9. The lowest BCUT2D eigenvalue weighted by atomic mass is 10.1. The van der Waals surface area contributed by atoms with Crippen LogP contribution in [0.15, 0.2) is 61.1 Å². The van der Waals surface area contributed by atoms with Crippen LogP contribution in [0.2, 0.25) is 0 Å². The molecule has 0 aliphatic heterocycles. The Morgan fingerprint density at radius 1 is 1.12 bits per heavy atom. The van der Waals surface area contributed by atoms with E-state index in [1.807, 2.05) is 38.4 Å². The second-order valence-corrected chi connectivity index (χ2v) is 5.71. The monoisotopic (exact) mass is 323 g/mol. The molecule has 1 aromatic carbocycles. The summed E-state index contributed by atoms with van der Waals surface area (Å²) in [5.41, 5.74) is 3.38. The van der Waals surface area contributed by atoms with Crippen molar-refractivity contribution >= 4 is 5.91 Å². The molecule has 1 unspecified atom stereocenters. The van der Waals surface area contributed by atoms with Crippen LogP contribution >= 0.6 is 0 Å². The molecule has 122 valence electrons. The van der Waals surface area contributed by atoms with Crippen molar-refractivity contribution in [2.75, 3.05) is 0 Å². The molecule has 0 saturated carbocycles. The van der Waals surface area contributed by atoms with Crippen molar-refractivity contribution in [3.8, 4) is 11.1 Å². The van der Waals surface area contributed by atoms with Crippen LogP contribution in [0.5, 0.6) is 0 Å². The summed E-state index contributed by atoms with van der Waals surface area (Å²) in [7, 11) is 1.84. The third-order valence-corrected chi connectivity index (χ3v) is 3.97. The van der Waals surface area contributed by atoms with E-state index in [1.54, 1.807) is 29.1 Å². The Morgan fingerprint density at radius 2 is 1.79 bits per heavy atom. The van der Waals surface area contributed by atoms with E-state index in [9.17, 15) is 9.18 Å². The topological polar surface area (TPSA) is 46.9 Å². The minimum Gasteiger partial charge on any atom is -0.346 e. The number of aryl methyl sites for hydroxylation is 1. The highest BCUT2D eigenvalue weighted by molar-refractivity contribution is 5.94. The molecule has 2 heterocycles. The number of benzene rings is 1. The van der Waals surface area contributed by atoms with Gasteiger partial charge in [0.2, 0.25) is 0 Å². The molecule has 0 bridgehead atoms. The van der Waals surface area contributed by atoms with Gasteiger partial charge in [0.05, 0.1) is 6.04 Å². The van der Waals surface area contributed by atoms with Gasteiger partial charge in [0, 0.05) is 31.2 Å². The summed E-state index contributed by atoms with van der Waals surface area (Å²) in [4.78, 5) is 16.5. The van der Waals surface area contributed by atoms with Crippen molar-refractivity contribution in [1.29, 1.82) is 0 Å². The number of aromatic nitrogens is 2. The Balaban J connectivity index is 1.78. The minimum atomic E-state index is -0.290. The van der Waals surface area contributed by atoms with E-state index in [0.717, 1.165) is 16.7 Å². The van der Waals surface area contributed by atoms with Crippen LogP contribution in [0, 0.1) is 5.82 Å². The van der Waals surface area contributed by atoms with Gasteiger partial charge < -0.3 is 9.88 Å². The normalized spacial score (nSPS) is 12.0. The lowest BCUT2D eigenvalue weighted by Crippen LogP contribution is -2.28. The molecule has 5 heteroatoms. The maximum atomic E-state index is 13.0. The zero-order valence-corrected chi connectivity index (χ0v) is 13.5. The van der Waals surface area contributed by atoms with Crippen LogP contribution in [0.3, 0.4) is 0 Å². The highest BCUT2D eigenvalue weighted by Crippen LogP contribution is 2.21. The van der Waals surface area contributed by atoms with E-state index in [-0.39, 0.29) is 17.8 Å². The van der Waals surface area contributed by atoms with Crippen LogP contribution in [-0.2, 0) is 7.05 Å². The van der Waals surface area contributed by atoms with Crippen LogP contribution in [0.25, 0.3) is 11.1 Å². The maximum absolute atomic E-state index is 13.0. The Labute approximate surface area is 140 Å². The summed E-state index contributed by atoms with van der Waals surface area (Å²) in [6.45, 7) is 1.87. The third-order valence-electron chi connectivity index (χ3n) is 3.97. The van der Waals surface area contributed by atoms with Gasteiger partial charge in [-0.15, -0.1) is 0 Å². The first-order chi connectivity index (χ1) is 11.5. The SMILES string of the molecule is CC(NC(=O)c1cc(-c2ccncc2)cn1C)c1ccc(F)cc1. The molecule has 24 heavy (non-hydrogen) atoms. The van der Waals surface area contributed by atoms with Crippen LogP contribution in [0.4, 0.5) is 4.39 Å². The summed E-state index contributed by atoms with van der Waals surface area (Å²) in [5, 5.41) is 2.94. The van der Waals surface area contributed by atoms with E-state index in [0.29, 0.717) is 5.69 Å². The van der Waals surface area contributed by atoms with Crippen molar-refractivity contribution in [2.24, 2.45) is 7.05 Å². The number of hydrogen-bond acceptors (Lipinski definition) is 2. The average Bonchev–Trinajstić information content (AvgIpc) is 2.98. The smallest absolute Gasteiger partial charge is 0.268 e. The predicted octanol–water partition coefficient (Wildman–Crippen LogP) is 3.72. The van der Waals surface area contributed by atoms with E-state index in [1.165, 1.54) is 12.1 Å². The van der Waals surface area contributed by atoms with Gasteiger partial charge in [-0.1, -0.05) is 12.1 Å². The number of hydrogen-bond donors (Lipinski definition) is 1. The van der Waals surface area contributed by atoms with E-state index in [4.69, 9.17) is 0 Å². The van der Waals surface area contributed by atoms with Gasteiger partial charge in [0.25, 0.3) is 5.91 Å². The van der Waals surface area contributed by atoms with Gasteiger partial charge in [-0.05, 0) is 48.4 Å². The van der Waals surface area contributed by atoms with Crippen molar-refractivity contribution in [1.82, 2.24) is 14.9 Å². The van der Waals surface area contributed by atoms with E-state index in [2.05, 4.69) is 10.3 Å².